The summed E-state index contributed by atoms with van der Waals surface area (Å²) in [7, 11) is 3.68. The van der Waals surface area contributed by atoms with Gasteiger partial charge in [0.1, 0.15) is 28.4 Å². The minimum atomic E-state index is -0.774. The molecule has 2 rings (SSSR count). The van der Waals surface area contributed by atoms with E-state index in [1.807, 2.05) is 0 Å². The normalized spacial score (nSPS) is 10.2. The quantitative estimate of drug-likeness (QED) is 0.781. The van der Waals surface area contributed by atoms with Gasteiger partial charge in [0.05, 0.1) is 21.3 Å². The highest BCUT2D eigenvalue weighted by molar-refractivity contribution is 5.95. The summed E-state index contributed by atoms with van der Waals surface area (Å²) in [5, 5.41) is 19.6. The predicted octanol–water partition coefficient (Wildman–Crippen LogP) is 2.78. The first-order valence-electron chi connectivity index (χ1n) is 7.41. The van der Waals surface area contributed by atoms with E-state index in [0.717, 1.165) is 6.07 Å². The van der Waals surface area contributed by atoms with Crippen molar-refractivity contribution in [2.75, 3.05) is 21.3 Å². The smallest absolute Gasteiger partial charge is 0.341 e. The molecule has 0 aliphatic carbocycles. The van der Waals surface area contributed by atoms with Crippen LogP contribution in [0, 0.1) is 6.92 Å². The lowest BCUT2D eigenvalue weighted by atomic mass is 10.1. The summed E-state index contributed by atoms with van der Waals surface area (Å²) in [5.74, 6) is -1.86. The number of phenols is 2. The molecule has 0 saturated carbocycles. The fourth-order valence-corrected chi connectivity index (χ4v) is 2.24. The molecule has 138 valence electrons. The minimum absolute atomic E-state index is 0.0290. The zero-order valence-electron chi connectivity index (χ0n) is 14.7. The number of ether oxygens (including phenoxy) is 4. The van der Waals surface area contributed by atoms with Crippen LogP contribution in [0.25, 0.3) is 0 Å². The van der Waals surface area contributed by atoms with Crippen LogP contribution < -0.4 is 9.47 Å². The maximum atomic E-state index is 12.0. The van der Waals surface area contributed by atoms with Crippen molar-refractivity contribution in [1.29, 1.82) is 0 Å². The van der Waals surface area contributed by atoms with Crippen molar-refractivity contribution in [2.45, 2.75) is 6.92 Å². The number of rotatable bonds is 5. The van der Waals surface area contributed by atoms with E-state index < -0.39 is 11.9 Å². The molecule has 0 aromatic heterocycles. The first kappa shape index (κ1) is 18.9. The van der Waals surface area contributed by atoms with Gasteiger partial charge in [0, 0.05) is 6.07 Å². The zero-order valence-corrected chi connectivity index (χ0v) is 14.7. The third-order valence-corrected chi connectivity index (χ3v) is 3.58. The second kappa shape index (κ2) is 7.64. The molecule has 0 bridgehead atoms. The summed E-state index contributed by atoms with van der Waals surface area (Å²) in [4.78, 5) is 24.0. The molecule has 0 saturated heterocycles. The van der Waals surface area contributed by atoms with Gasteiger partial charge in [-0.1, -0.05) is 0 Å². The summed E-state index contributed by atoms with van der Waals surface area (Å²) in [6, 6.07) is 5.00. The van der Waals surface area contributed by atoms with Crippen LogP contribution in [0.4, 0.5) is 0 Å². The molecule has 0 heterocycles. The Morgan fingerprint density at radius 2 is 1.46 bits per heavy atom. The molecular weight excluding hydrogens is 344 g/mol. The Morgan fingerprint density at radius 1 is 0.846 bits per heavy atom. The van der Waals surface area contributed by atoms with E-state index in [0.29, 0.717) is 5.56 Å². The van der Waals surface area contributed by atoms with Gasteiger partial charge < -0.3 is 29.2 Å². The summed E-state index contributed by atoms with van der Waals surface area (Å²) >= 11 is 0. The SMILES string of the molecule is COC(=O)c1cc(O)c(C)cc1Oc1c(OC)cc(O)cc1C(=O)OC. The minimum Gasteiger partial charge on any atom is -0.508 e. The van der Waals surface area contributed by atoms with Crippen LogP contribution in [-0.4, -0.2) is 43.5 Å². The van der Waals surface area contributed by atoms with Crippen LogP contribution in [0.5, 0.6) is 28.7 Å². The van der Waals surface area contributed by atoms with E-state index >= 15 is 0 Å². The van der Waals surface area contributed by atoms with Crippen LogP contribution in [-0.2, 0) is 9.47 Å². The molecule has 2 aromatic carbocycles. The summed E-state index contributed by atoms with van der Waals surface area (Å²) < 4.78 is 20.3. The number of hydrogen-bond donors (Lipinski definition) is 2. The lowest BCUT2D eigenvalue weighted by molar-refractivity contribution is 0.0593. The fraction of sp³-hybridized carbons (Fsp3) is 0.222. The number of carbonyl (C=O) groups excluding carboxylic acids is 2. The summed E-state index contributed by atoms with van der Waals surface area (Å²) in [6.07, 6.45) is 0. The Bertz CT molecular complexity index is 857. The van der Waals surface area contributed by atoms with Crippen molar-refractivity contribution >= 4 is 11.9 Å². The van der Waals surface area contributed by atoms with E-state index in [1.54, 1.807) is 6.92 Å². The predicted molar refractivity (Wildman–Crippen MR) is 90.3 cm³/mol. The van der Waals surface area contributed by atoms with Crippen LogP contribution >= 0.6 is 0 Å². The third kappa shape index (κ3) is 3.64. The highest BCUT2D eigenvalue weighted by atomic mass is 16.5. The van der Waals surface area contributed by atoms with Gasteiger partial charge in [0.15, 0.2) is 11.5 Å². The average Bonchev–Trinajstić information content (AvgIpc) is 2.63. The second-order valence-corrected chi connectivity index (χ2v) is 5.24. The highest BCUT2D eigenvalue weighted by Crippen LogP contribution is 2.41. The first-order chi connectivity index (χ1) is 12.3. The van der Waals surface area contributed by atoms with Crippen LogP contribution in [0.3, 0.4) is 0 Å². The van der Waals surface area contributed by atoms with Gasteiger partial charge in [-0.05, 0) is 30.7 Å². The van der Waals surface area contributed by atoms with E-state index in [9.17, 15) is 19.8 Å². The maximum Gasteiger partial charge on any atom is 0.341 e. The molecule has 2 aromatic rings. The van der Waals surface area contributed by atoms with E-state index in [4.69, 9.17) is 18.9 Å². The van der Waals surface area contributed by atoms with Gasteiger partial charge in [0.25, 0.3) is 0 Å². The van der Waals surface area contributed by atoms with Crippen molar-refractivity contribution in [2.24, 2.45) is 0 Å². The van der Waals surface area contributed by atoms with Crippen molar-refractivity contribution in [3.05, 3.63) is 41.0 Å². The first-order valence-corrected chi connectivity index (χ1v) is 7.41. The molecule has 0 amide bonds. The number of phenolic OH excluding ortho intramolecular Hbond substituents is 2. The van der Waals surface area contributed by atoms with Crippen LogP contribution in [0.2, 0.25) is 0 Å². The second-order valence-electron chi connectivity index (χ2n) is 5.24. The third-order valence-electron chi connectivity index (χ3n) is 3.58. The number of methoxy groups -OCH3 is 3. The summed E-state index contributed by atoms with van der Waals surface area (Å²) in [5.41, 5.74) is 0.275. The monoisotopic (exact) mass is 362 g/mol. The molecule has 0 aliphatic heterocycles. The van der Waals surface area contributed by atoms with E-state index in [1.165, 1.54) is 39.5 Å². The number of benzene rings is 2. The average molecular weight is 362 g/mol. The van der Waals surface area contributed by atoms with E-state index in [2.05, 4.69) is 0 Å². The zero-order chi connectivity index (χ0) is 19.4. The molecule has 0 atom stereocenters. The van der Waals surface area contributed by atoms with Gasteiger partial charge in [-0.15, -0.1) is 0 Å². The Balaban J connectivity index is 2.66. The molecular formula is C18H18O8. The molecule has 8 heteroatoms. The van der Waals surface area contributed by atoms with Gasteiger partial charge in [-0.2, -0.15) is 0 Å². The Hall–Kier alpha value is -3.42. The maximum absolute atomic E-state index is 12.0. The highest BCUT2D eigenvalue weighted by Gasteiger charge is 2.24. The number of carbonyl (C=O) groups is 2. The molecule has 0 radical (unpaired) electrons. The van der Waals surface area contributed by atoms with Crippen molar-refractivity contribution < 1.29 is 38.7 Å². The Kier molecular flexibility index (Phi) is 5.56. The van der Waals surface area contributed by atoms with Crippen LogP contribution in [0.15, 0.2) is 24.3 Å². The molecule has 0 unspecified atom stereocenters. The van der Waals surface area contributed by atoms with Gasteiger partial charge >= 0.3 is 11.9 Å². The standard InChI is InChI=1S/C18H18O8/c1-9-5-14(11(8-13(9)20)17(21)24-3)26-16-12(18(22)25-4)6-10(19)7-15(16)23-2/h5-8,19-20H,1-4H3. The summed E-state index contributed by atoms with van der Waals surface area (Å²) in [6.45, 7) is 1.61. The molecule has 0 spiro atoms. The largest absolute Gasteiger partial charge is 0.508 e. The van der Waals surface area contributed by atoms with Crippen LogP contribution in [0.1, 0.15) is 26.3 Å². The molecule has 26 heavy (non-hydrogen) atoms. The lowest BCUT2D eigenvalue weighted by Gasteiger charge is -2.17. The molecule has 0 fully saturated rings. The number of aryl methyl sites for hydroxylation is 1. The topological polar surface area (TPSA) is 112 Å². The van der Waals surface area contributed by atoms with Crippen molar-refractivity contribution in [3.63, 3.8) is 0 Å². The van der Waals surface area contributed by atoms with Gasteiger partial charge in [-0.25, -0.2) is 9.59 Å². The Morgan fingerprint density at radius 3 is 2.04 bits per heavy atom. The molecule has 0 aliphatic rings. The Labute approximate surface area is 149 Å². The van der Waals surface area contributed by atoms with Gasteiger partial charge in [0.2, 0.25) is 0 Å². The molecule has 8 nitrogen and oxygen atoms in total. The fourth-order valence-electron chi connectivity index (χ4n) is 2.24. The lowest BCUT2D eigenvalue weighted by Crippen LogP contribution is -2.08. The van der Waals surface area contributed by atoms with Crippen molar-refractivity contribution in [1.82, 2.24) is 0 Å². The van der Waals surface area contributed by atoms with Gasteiger partial charge in [-0.3, -0.25) is 0 Å². The molecule has 2 N–H and O–H groups in total. The van der Waals surface area contributed by atoms with E-state index in [-0.39, 0.29) is 39.9 Å². The number of esters is 2. The number of hydrogen-bond acceptors (Lipinski definition) is 8. The number of aromatic hydroxyl groups is 2. The van der Waals surface area contributed by atoms with Crippen molar-refractivity contribution in [3.8, 4) is 28.7 Å².